The molecule has 0 spiro atoms. The first-order chi connectivity index (χ1) is 20.8. The van der Waals surface area contributed by atoms with Crippen LogP contribution in [0.5, 0.6) is 0 Å². The van der Waals surface area contributed by atoms with E-state index in [1.165, 1.54) is 17.8 Å². The molecule has 1 saturated heterocycles. The summed E-state index contributed by atoms with van der Waals surface area (Å²) in [5, 5.41) is 17.3. The van der Waals surface area contributed by atoms with Crippen LogP contribution in [-0.4, -0.2) is 67.5 Å². The normalized spacial score (nSPS) is 18.8. The summed E-state index contributed by atoms with van der Waals surface area (Å²) in [4.78, 5) is 27.9. The maximum absolute atomic E-state index is 12.9. The summed E-state index contributed by atoms with van der Waals surface area (Å²) in [5.41, 5.74) is -0.477. The van der Waals surface area contributed by atoms with Crippen LogP contribution in [-0.2, 0) is 14.0 Å². The summed E-state index contributed by atoms with van der Waals surface area (Å²) in [6.07, 6.45) is -6.20. The van der Waals surface area contributed by atoms with E-state index in [1.807, 2.05) is 36.4 Å². The van der Waals surface area contributed by atoms with Crippen molar-refractivity contribution < 1.29 is 32.2 Å². The molecule has 1 aliphatic rings. The van der Waals surface area contributed by atoms with E-state index in [0.717, 1.165) is 10.4 Å². The highest BCUT2D eigenvalue weighted by molar-refractivity contribution is 6.99. The maximum atomic E-state index is 12.9. The lowest BCUT2D eigenvalue weighted by molar-refractivity contribution is -0.173. The molecule has 9 nitrogen and oxygen atoms in total. The number of carbonyl (C=O) groups excluding carboxylic acids is 1. The van der Waals surface area contributed by atoms with Gasteiger partial charge in [-0.1, -0.05) is 93.3 Å². The van der Waals surface area contributed by atoms with Gasteiger partial charge in [0.15, 0.2) is 0 Å². The SMILES string of the molecule is CNc1nc(=O)n([C@H]2CC(O)[C@@H](CO[Si](c3ccccc3)(c3ccccc3)C(C)(C)C)O2)cc1C#CCNC(=O)C(F)(F)F. The number of benzene rings is 2. The molecule has 0 bridgehead atoms. The van der Waals surface area contributed by atoms with Gasteiger partial charge in [-0.05, 0) is 15.4 Å². The van der Waals surface area contributed by atoms with Crippen LogP contribution in [0.25, 0.3) is 0 Å². The number of halogens is 3. The topological polar surface area (TPSA) is 115 Å². The molecular formula is C31H35F3N4O5Si. The fourth-order valence-corrected chi connectivity index (χ4v) is 9.90. The Hall–Kier alpha value is -3.96. The Morgan fingerprint density at radius 2 is 1.70 bits per heavy atom. The Bertz CT molecular complexity index is 1530. The zero-order valence-electron chi connectivity index (χ0n) is 24.8. The van der Waals surface area contributed by atoms with Gasteiger partial charge in [-0.15, -0.1) is 0 Å². The van der Waals surface area contributed by atoms with Crippen molar-refractivity contribution in [1.82, 2.24) is 14.9 Å². The Balaban J connectivity index is 1.58. The van der Waals surface area contributed by atoms with Crippen LogP contribution in [0.4, 0.5) is 19.0 Å². The minimum absolute atomic E-state index is 0.0628. The number of nitrogens with zero attached hydrogens (tertiary/aromatic N) is 2. The Morgan fingerprint density at radius 1 is 1.11 bits per heavy atom. The predicted molar refractivity (Wildman–Crippen MR) is 162 cm³/mol. The second-order valence-corrected chi connectivity index (χ2v) is 15.6. The minimum atomic E-state index is -5.02. The van der Waals surface area contributed by atoms with Gasteiger partial charge in [0.05, 0.1) is 24.8 Å². The summed E-state index contributed by atoms with van der Waals surface area (Å²) in [6.45, 7) is 5.91. The number of hydrogen-bond donors (Lipinski definition) is 3. The first-order valence-electron chi connectivity index (χ1n) is 14.0. The number of amides is 1. The summed E-state index contributed by atoms with van der Waals surface area (Å²) < 4.78 is 51.6. The maximum Gasteiger partial charge on any atom is 0.471 e. The van der Waals surface area contributed by atoms with Crippen molar-refractivity contribution >= 4 is 30.4 Å². The lowest BCUT2D eigenvalue weighted by Gasteiger charge is -2.43. The first-order valence-corrected chi connectivity index (χ1v) is 15.9. The molecule has 0 radical (unpaired) electrons. The molecule has 4 rings (SSSR count). The number of alkyl halides is 3. The van der Waals surface area contributed by atoms with Crippen molar-refractivity contribution in [3.8, 4) is 11.8 Å². The van der Waals surface area contributed by atoms with Crippen molar-refractivity contribution in [2.45, 2.75) is 56.8 Å². The number of ether oxygens (including phenoxy) is 1. The number of carbonyl (C=O) groups is 1. The van der Waals surface area contributed by atoms with Crippen LogP contribution in [0.15, 0.2) is 71.7 Å². The van der Waals surface area contributed by atoms with Crippen LogP contribution >= 0.6 is 0 Å². The van der Waals surface area contributed by atoms with E-state index in [4.69, 9.17) is 9.16 Å². The van der Waals surface area contributed by atoms with E-state index in [9.17, 15) is 27.9 Å². The van der Waals surface area contributed by atoms with Gasteiger partial charge in [0.2, 0.25) is 0 Å². The van der Waals surface area contributed by atoms with Crippen LogP contribution in [0.2, 0.25) is 5.04 Å². The van der Waals surface area contributed by atoms with E-state index >= 15 is 0 Å². The zero-order valence-corrected chi connectivity index (χ0v) is 25.8. The van der Waals surface area contributed by atoms with E-state index < -0.39 is 51.1 Å². The molecule has 3 atom stereocenters. The molecule has 1 amide bonds. The fourth-order valence-electron chi connectivity index (χ4n) is 5.33. The summed E-state index contributed by atoms with van der Waals surface area (Å²) in [6, 6.07) is 20.1. The molecule has 0 aliphatic carbocycles. The Morgan fingerprint density at radius 3 is 2.23 bits per heavy atom. The zero-order chi connectivity index (χ0) is 32.1. The molecule has 2 aromatic carbocycles. The van der Waals surface area contributed by atoms with Gasteiger partial charge in [-0.3, -0.25) is 9.36 Å². The fraction of sp³-hybridized carbons (Fsp3) is 0.387. The number of anilines is 1. The van der Waals surface area contributed by atoms with Gasteiger partial charge in [0.1, 0.15) is 18.1 Å². The van der Waals surface area contributed by atoms with E-state index in [1.54, 1.807) is 5.32 Å². The van der Waals surface area contributed by atoms with Crippen LogP contribution in [0.1, 0.15) is 39.0 Å². The summed E-state index contributed by atoms with van der Waals surface area (Å²) in [5.74, 6) is 3.06. The van der Waals surface area contributed by atoms with Gasteiger partial charge in [-0.2, -0.15) is 18.2 Å². The standard InChI is InChI=1S/C31H35F3N4O5Si/c1-30(2,3)44(22-13-7-5-8-14-22,23-15-9-6-10-16-23)42-20-25-24(39)18-26(43-25)38-19-21(27(35-4)37-29(38)41)12-11-17-36-28(40)31(32,33)34/h5-10,13-16,19,24-26,39H,17-18,20H2,1-4H3,(H,36,40)(H,35,37,41)/t24?,25-,26-/m1/s1. The second kappa shape index (κ2) is 13.4. The van der Waals surface area contributed by atoms with Gasteiger partial charge in [-0.25, -0.2) is 4.79 Å². The van der Waals surface area contributed by atoms with Crippen molar-refractivity contribution in [1.29, 1.82) is 0 Å². The molecule has 2 heterocycles. The van der Waals surface area contributed by atoms with Crippen LogP contribution < -0.4 is 26.7 Å². The molecule has 3 aromatic rings. The average molecular weight is 629 g/mol. The molecule has 3 N–H and O–H groups in total. The highest BCUT2D eigenvalue weighted by Gasteiger charge is 2.51. The minimum Gasteiger partial charge on any atom is -0.405 e. The lowest BCUT2D eigenvalue weighted by Crippen LogP contribution is -2.67. The van der Waals surface area contributed by atoms with E-state index in [2.05, 4.69) is 67.2 Å². The third-order valence-corrected chi connectivity index (χ3v) is 12.4. The van der Waals surface area contributed by atoms with Crippen molar-refractivity contribution in [2.24, 2.45) is 0 Å². The third-order valence-electron chi connectivity index (χ3n) is 7.40. The monoisotopic (exact) mass is 628 g/mol. The summed E-state index contributed by atoms with van der Waals surface area (Å²) >= 11 is 0. The average Bonchev–Trinajstić information content (AvgIpc) is 3.35. The van der Waals surface area contributed by atoms with Crippen molar-refractivity contribution in [3.63, 3.8) is 0 Å². The number of rotatable bonds is 8. The first kappa shape index (κ1) is 32.9. The quantitative estimate of drug-likeness (QED) is 0.260. The Kier molecular flexibility index (Phi) is 10.00. The second-order valence-electron chi connectivity index (χ2n) is 11.3. The van der Waals surface area contributed by atoms with Gasteiger partial charge in [0, 0.05) is 19.7 Å². The number of aliphatic hydroxyl groups is 1. The van der Waals surface area contributed by atoms with Crippen LogP contribution in [0.3, 0.4) is 0 Å². The Labute approximate surface area is 254 Å². The van der Waals surface area contributed by atoms with E-state index in [-0.39, 0.29) is 29.4 Å². The molecule has 1 fully saturated rings. The molecule has 0 saturated carbocycles. The molecule has 44 heavy (non-hydrogen) atoms. The number of nitrogens with one attached hydrogen (secondary N) is 2. The smallest absolute Gasteiger partial charge is 0.405 e. The highest BCUT2D eigenvalue weighted by atomic mass is 28.4. The molecule has 1 aromatic heterocycles. The summed E-state index contributed by atoms with van der Waals surface area (Å²) in [7, 11) is -1.41. The number of aromatic nitrogens is 2. The molecule has 234 valence electrons. The van der Waals surface area contributed by atoms with Crippen molar-refractivity contribution in [3.05, 3.63) is 82.9 Å². The molecular weight excluding hydrogens is 593 g/mol. The molecule has 13 heteroatoms. The number of hydrogen-bond acceptors (Lipinski definition) is 7. The molecule has 1 aliphatic heterocycles. The van der Waals surface area contributed by atoms with Crippen LogP contribution in [0, 0.1) is 11.8 Å². The highest BCUT2D eigenvalue weighted by Crippen LogP contribution is 2.38. The van der Waals surface area contributed by atoms with Gasteiger partial charge >= 0.3 is 17.8 Å². The lowest BCUT2D eigenvalue weighted by atomic mass is 10.2. The van der Waals surface area contributed by atoms with Gasteiger partial charge < -0.3 is 24.9 Å². The molecule has 1 unspecified atom stereocenters. The largest absolute Gasteiger partial charge is 0.471 e. The van der Waals surface area contributed by atoms with Crippen molar-refractivity contribution in [2.75, 3.05) is 25.5 Å². The van der Waals surface area contributed by atoms with Gasteiger partial charge in [0.25, 0.3) is 8.32 Å². The number of aliphatic hydroxyl groups excluding tert-OH is 1. The predicted octanol–water partition coefficient (Wildman–Crippen LogP) is 2.54. The van der Waals surface area contributed by atoms with E-state index in [0.29, 0.717) is 0 Å². The third kappa shape index (κ3) is 7.05.